The first-order valence-corrected chi connectivity index (χ1v) is 8.78. The highest BCUT2D eigenvalue weighted by Gasteiger charge is 2.17. The molecular formula is C23H16N2O3. The number of rotatable bonds is 5. The Labute approximate surface area is 161 Å². The molecule has 0 bridgehead atoms. The van der Waals surface area contributed by atoms with Gasteiger partial charge in [-0.1, -0.05) is 48.5 Å². The van der Waals surface area contributed by atoms with E-state index in [1.807, 2.05) is 42.5 Å². The van der Waals surface area contributed by atoms with Crippen LogP contribution in [0.1, 0.15) is 20.7 Å². The van der Waals surface area contributed by atoms with E-state index < -0.39 is 5.97 Å². The Hall–Kier alpha value is -3.86. The molecule has 136 valence electrons. The number of fused-ring (bicyclic) bond motifs is 1. The molecule has 28 heavy (non-hydrogen) atoms. The topological polar surface area (TPSA) is 69.2 Å². The van der Waals surface area contributed by atoms with Crippen LogP contribution in [0.15, 0.2) is 85.2 Å². The molecule has 0 saturated heterocycles. The summed E-state index contributed by atoms with van der Waals surface area (Å²) < 4.78 is 5.31. The third kappa shape index (κ3) is 3.64. The summed E-state index contributed by atoms with van der Waals surface area (Å²) >= 11 is 0. The van der Waals surface area contributed by atoms with Gasteiger partial charge < -0.3 is 4.74 Å². The average Bonchev–Trinajstić information content (AvgIpc) is 2.77. The highest BCUT2D eigenvalue weighted by molar-refractivity contribution is 6.06. The molecule has 0 aliphatic rings. The maximum Gasteiger partial charge on any atom is 0.339 e. The lowest BCUT2D eigenvalue weighted by Crippen LogP contribution is -2.14. The minimum atomic E-state index is -0.562. The van der Waals surface area contributed by atoms with Crippen LogP contribution in [0.4, 0.5) is 0 Å². The molecule has 5 heteroatoms. The van der Waals surface area contributed by atoms with Crippen LogP contribution >= 0.6 is 0 Å². The van der Waals surface area contributed by atoms with Crippen molar-refractivity contribution in [2.45, 2.75) is 0 Å². The molecule has 2 heterocycles. The Bertz CT molecular complexity index is 1140. The summed E-state index contributed by atoms with van der Waals surface area (Å²) in [6.07, 6.45) is 3.36. The maximum atomic E-state index is 12.8. The fourth-order valence-electron chi connectivity index (χ4n) is 2.92. The maximum absolute atomic E-state index is 12.8. The number of hydrogen-bond acceptors (Lipinski definition) is 5. The first kappa shape index (κ1) is 17.5. The largest absolute Gasteiger partial charge is 0.454 e. The lowest BCUT2D eigenvalue weighted by Gasteiger charge is -2.10. The van der Waals surface area contributed by atoms with Gasteiger partial charge in [0.2, 0.25) is 0 Å². The van der Waals surface area contributed by atoms with Gasteiger partial charge >= 0.3 is 5.97 Å². The van der Waals surface area contributed by atoms with E-state index in [1.165, 1.54) is 0 Å². The average molecular weight is 368 g/mol. The van der Waals surface area contributed by atoms with Crippen molar-refractivity contribution >= 4 is 22.7 Å². The highest BCUT2D eigenvalue weighted by Crippen LogP contribution is 2.25. The predicted octanol–water partition coefficient (Wildman–Crippen LogP) is 4.34. The van der Waals surface area contributed by atoms with Gasteiger partial charge in [-0.2, -0.15) is 0 Å². The van der Waals surface area contributed by atoms with Crippen LogP contribution in [-0.2, 0) is 4.74 Å². The van der Waals surface area contributed by atoms with E-state index in [0.29, 0.717) is 27.7 Å². The van der Waals surface area contributed by atoms with Gasteiger partial charge in [0.25, 0.3) is 0 Å². The van der Waals surface area contributed by atoms with E-state index in [-0.39, 0.29) is 12.4 Å². The lowest BCUT2D eigenvalue weighted by molar-refractivity contribution is 0.0476. The Morgan fingerprint density at radius 1 is 0.893 bits per heavy atom. The molecule has 4 rings (SSSR count). The van der Waals surface area contributed by atoms with E-state index in [2.05, 4.69) is 9.97 Å². The predicted molar refractivity (Wildman–Crippen MR) is 106 cm³/mol. The van der Waals surface area contributed by atoms with Crippen LogP contribution in [0.5, 0.6) is 0 Å². The Balaban J connectivity index is 1.65. The summed E-state index contributed by atoms with van der Waals surface area (Å²) in [6.45, 7) is -0.318. The van der Waals surface area contributed by atoms with Gasteiger partial charge in [0.15, 0.2) is 12.4 Å². The molecule has 0 fully saturated rings. The first-order valence-electron chi connectivity index (χ1n) is 8.78. The van der Waals surface area contributed by atoms with Gasteiger partial charge in [-0.25, -0.2) is 9.78 Å². The number of Topliss-reactive ketones (excluding diaryl/α,β-unsaturated/α-hetero) is 1. The van der Waals surface area contributed by atoms with E-state index in [1.54, 1.807) is 42.7 Å². The number of pyridine rings is 2. The van der Waals surface area contributed by atoms with Gasteiger partial charge in [0.1, 0.15) is 0 Å². The van der Waals surface area contributed by atoms with Crippen molar-refractivity contribution in [3.8, 4) is 11.3 Å². The number of hydrogen-bond donors (Lipinski definition) is 0. The zero-order valence-corrected chi connectivity index (χ0v) is 14.9. The molecule has 0 unspecified atom stereocenters. The first-order chi connectivity index (χ1) is 13.7. The van der Waals surface area contributed by atoms with Crippen LogP contribution in [0, 0.1) is 0 Å². The number of aromatic nitrogens is 2. The third-order valence-electron chi connectivity index (χ3n) is 4.32. The van der Waals surface area contributed by atoms with Crippen LogP contribution < -0.4 is 0 Å². The SMILES string of the molecule is O=C(COC(=O)c1cc(-c2cccnc2)nc2ccccc12)c1ccccc1. The molecule has 2 aromatic heterocycles. The zero-order valence-electron chi connectivity index (χ0n) is 14.9. The second-order valence-corrected chi connectivity index (χ2v) is 6.18. The molecule has 0 atom stereocenters. The number of para-hydroxylation sites is 1. The van der Waals surface area contributed by atoms with Crippen LogP contribution in [0.3, 0.4) is 0 Å². The summed E-state index contributed by atoms with van der Waals surface area (Å²) in [7, 11) is 0. The molecule has 2 aromatic carbocycles. The van der Waals surface area contributed by atoms with E-state index in [4.69, 9.17) is 4.74 Å². The minimum Gasteiger partial charge on any atom is -0.454 e. The van der Waals surface area contributed by atoms with Crippen LogP contribution in [0.2, 0.25) is 0 Å². The summed E-state index contributed by atoms with van der Waals surface area (Å²) in [5.41, 5.74) is 2.96. The fraction of sp³-hybridized carbons (Fsp3) is 0.0435. The van der Waals surface area contributed by atoms with Gasteiger partial charge in [-0.3, -0.25) is 9.78 Å². The molecule has 0 N–H and O–H groups in total. The lowest BCUT2D eigenvalue weighted by atomic mass is 10.1. The third-order valence-corrected chi connectivity index (χ3v) is 4.32. The summed E-state index contributed by atoms with van der Waals surface area (Å²) in [5.74, 6) is -0.812. The number of nitrogens with zero attached hydrogens (tertiary/aromatic N) is 2. The molecule has 0 amide bonds. The second kappa shape index (κ2) is 7.80. The van der Waals surface area contributed by atoms with Gasteiger partial charge in [-0.05, 0) is 24.3 Å². The molecule has 0 spiro atoms. The number of ketones is 1. The number of carbonyl (C=O) groups is 2. The summed E-state index contributed by atoms with van der Waals surface area (Å²) in [4.78, 5) is 33.7. The van der Waals surface area contributed by atoms with E-state index in [9.17, 15) is 9.59 Å². The van der Waals surface area contributed by atoms with Gasteiger partial charge in [0.05, 0.1) is 16.8 Å². The molecule has 0 radical (unpaired) electrons. The fourth-order valence-corrected chi connectivity index (χ4v) is 2.92. The second-order valence-electron chi connectivity index (χ2n) is 6.18. The summed E-state index contributed by atoms with van der Waals surface area (Å²) in [6, 6.07) is 21.4. The van der Waals surface area contributed by atoms with Gasteiger partial charge in [0, 0.05) is 28.9 Å². The zero-order chi connectivity index (χ0) is 19.3. The Morgan fingerprint density at radius 2 is 1.68 bits per heavy atom. The van der Waals surface area contributed by atoms with Crippen molar-refractivity contribution in [1.29, 1.82) is 0 Å². The van der Waals surface area contributed by atoms with Crippen LogP contribution in [-0.4, -0.2) is 28.3 Å². The molecule has 5 nitrogen and oxygen atoms in total. The van der Waals surface area contributed by atoms with Crippen molar-refractivity contribution in [2.75, 3.05) is 6.61 Å². The summed E-state index contributed by atoms with van der Waals surface area (Å²) in [5, 5.41) is 0.673. The van der Waals surface area contributed by atoms with Crippen molar-refractivity contribution in [3.63, 3.8) is 0 Å². The normalized spacial score (nSPS) is 10.6. The quantitative estimate of drug-likeness (QED) is 0.387. The van der Waals surface area contributed by atoms with E-state index in [0.717, 1.165) is 5.56 Å². The molecule has 0 saturated carbocycles. The highest BCUT2D eigenvalue weighted by atomic mass is 16.5. The standard InChI is InChI=1S/C23H16N2O3/c26-22(16-7-2-1-3-8-16)15-28-23(27)19-13-21(17-9-6-12-24-14-17)25-20-11-5-4-10-18(19)20/h1-14H,15H2. The molecule has 0 aliphatic heterocycles. The number of carbonyl (C=O) groups excluding carboxylic acids is 2. The Kier molecular flexibility index (Phi) is 4.89. The van der Waals surface area contributed by atoms with Gasteiger partial charge in [-0.15, -0.1) is 0 Å². The number of benzene rings is 2. The monoisotopic (exact) mass is 368 g/mol. The minimum absolute atomic E-state index is 0.250. The molecule has 0 aliphatic carbocycles. The smallest absolute Gasteiger partial charge is 0.339 e. The van der Waals surface area contributed by atoms with Crippen molar-refractivity contribution < 1.29 is 14.3 Å². The van der Waals surface area contributed by atoms with Crippen molar-refractivity contribution in [1.82, 2.24) is 9.97 Å². The van der Waals surface area contributed by atoms with Crippen molar-refractivity contribution in [2.24, 2.45) is 0 Å². The number of ether oxygens (including phenoxy) is 1. The van der Waals surface area contributed by atoms with E-state index >= 15 is 0 Å². The Morgan fingerprint density at radius 3 is 2.46 bits per heavy atom. The molecule has 4 aromatic rings. The molecular weight excluding hydrogens is 352 g/mol. The number of esters is 1. The van der Waals surface area contributed by atoms with Crippen LogP contribution in [0.25, 0.3) is 22.2 Å². The van der Waals surface area contributed by atoms with Crippen molar-refractivity contribution in [3.05, 3.63) is 96.3 Å².